The van der Waals surface area contributed by atoms with Gasteiger partial charge in [0.05, 0.1) is 5.56 Å². The second-order valence-corrected chi connectivity index (χ2v) is 5.12. The smallest absolute Gasteiger partial charge is 0.335 e. The Morgan fingerprint density at radius 1 is 1.47 bits per heavy atom. The van der Waals surface area contributed by atoms with E-state index in [0.717, 1.165) is 4.90 Å². The van der Waals surface area contributed by atoms with Gasteiger partial charge in [-0.1, -0.05) is 15.9 Å². The Kier molecular flexibility index (Phi) is 3.43. The third-order valence-corrected chi connectivity index (χ3v) is 3.37. The minimum atomic E-state index is -0.968. The average molecular weight is 315 g/mol. The highest BCUT2D eigenvalue weighted by molar-refractivity contribution is 9.10. The van der Waals surface area contributed by atoms with E-state index in [2.05, 4.69) is 31.5 Å². The third-order valence-electron chi connectivity index (χ3n) is 1.91. The molecule has 0 aliphatic rings. The number of benzene rings is 1. The molecule has 8 heteroatoms. The van der Waals surface area contributed by atoms with Crippen LogP contribution >= 0.6 is 27.7 Å². The maximum Gasteiger partial charge on any atom is 0.335 e. The predicted octanol–water partition coefficient (Wildman–Crippen LogP) is 1.82. The molecule has 2 rings (SSSR count). The molecule has 0 bridgehead atoms. The highest BCUT2D eigenvalue weighted by Crippen LogP contribution is 2.28. The van der Waals surface area contributed by atoms with Crippen LogP contribution in [0.2, 0.25) is 0 Å². The summed E-state index contributed by atoms with van der Waals surface area (Å²) in [6.07, 6.45) is 0. The molecule has 0 fully saturated rings. The lowest BCUT2D eigenvalue weighted by molar-refractivity contribution is 0.0696. The average Bonchev–Trinajstić information content (AvgIpc) is 2.63. The number of aromatic carboxylic acids is 1. The summed E-state index contributed by atoms with van der Waals surface area (Å²) in [5, 5.41) is 20.6. The molecule has 0 unspecified atom stereocenters. The molecular weight excluding hydrogens is 308 g/mol. The van der Waals surface area contributed by atoms with Crippen molar-refractivity contribution in [1.82, 2.24) is 20.2 Å². The van der Waals surface area contributed by atoms with Crippen LogP contribution in [0.25, 0.3) is 0 Å². The van der Waals surface area contributed by atoms with Crippen molar-refractivity contribution in [1.29, 1.82) is 0 Å². The van der Waals surface area contributed by atoms with Gasteiger partial charge in [-0.05, 0) is 40.4 Å². The highest BCUT2D eigenvalue weighted by Gasteiger charge is 2.09. The zero-order chi connectivity index (χ0) is 12.4. The first-order valence-electron chi connectivity index (χ1n) is 4.50. The van der Waals surface area contributed by atoms with Crippen LogP contribution < -0.4 is 0 Å². The SMILES string of the molecule is Cn1nnnc1Sc1cc(Br)cc(C(=O)O)c1. The quantitative estimate of drug-likeness (QED) is 0.930. The summed E-state index contributed by atoms with van der Waals surface area (Å²) in [5.41, 5.74) is 0.219. The molecule has 2 aromatic rings. The van der Waals surface area contributed by atoms with Gasteiger partial charge in [0, 0.05) is 16.4 Å². The fraction of sp³-hybridized carbons (Fsp3) is 0.111. The molecule has 1 aromatic heterocycles. The predicted molar refractivity (Wildman–Crippen MR) is 64.0 cm³/mol. The molecular formula is C9H7BrN4O2S. The summed E-state index contributed by atoms with van der Waals surface area (Å²) in [6, 6.07) is 4.93. The van der Waals surface area contributed by atoms with Crippen LogP contribution in [-0.2, 0) is 7.05 Å². The Labute approximate surface area is 109 Å². The zero-order valence-corrected chi connectivity index (χ0v) is 11.1. The standard InChI is InChI=1S/C9H7BrN4O2S/c1-14-9(11-12-13-14)17-7-3-5(8(15)16)2-6(10)4-7/h2-4H,1H3,(H,15,16). The first-order chi connectivity index (χ1) is 8.06. The van der Waals surface area contributed by atoms with Crippen molar-refractivity contribution >= 4 is 33.7 Å². The molecule has 0 atom stereocenters. The van der Waals surface area contributed by atoms with Gasteiger partial charge in [-0.25, -0.2) is 9.48 Å². The van der Waals surface area contributed by atoms with Crippen LogP contribution in [0.15, 0.2) is 32.7 Å². The molecule has 17 heavy (non-hydrogen) atoms. The van der Waals surface area contributed by atoms with Gasteiger partial charge in [0.25, 0.3) is 0 Å². The number of aryl methyl sites for hydroxylation is 1. The van der Waals surface area contributed by atoms with E-state index in [4.69, 9.17) is 5.11 Å². The molecule has 1 N–H and O–H groups in total. The highest BCUT2D eigenvalue weighted by atomic mass is 79.9. The van der Waals surface area contributed by atoms with Gasteiger partial charge in [0.1, 0.15) is 0 Å². The van der Waals surface area contributed by atoms with Crippen LogP contribution in [0.4, 0.5) is 0 Å². The van der Waals surface area contributed by atoms with Gasteiger partial charge in [-0.15, -0.1) is 5.10 Å². The van der Waals surface area contributed by atoms with Gasteiger partial charge < -0.3 is 5.11 Å². The lowest BCUT2D eigenvalue weighted by atomic mass is 10.2. The molecule has 1 aromatic carbocycles. The molecule has 0 aliphatic carbocycles. The summed E-state index contributed by atoms with van der Waals surface area (Å²) in [7, 11) is 1.72. The molecule has 0 amide bonds. The lowest BCUT2D eigenvalue weighted by Gasteiger charge is -2.02. The van der Waals surface area contributed by atoms with Gasteiger partial charge in [0.15, 0.2) is 0 Å². The van der Waals surface area contributed by atoms with E-state index in [1.807, 2.05) is 6.07 Å². The number of carboxylic acid groups (broad SMARTS) is 1. The second kappa shape index (κ2) is 4.84. The Morgan fingerprint density at radius 3 is 2.82 bits per heavy atom. The maximum absolute atomic E-state index is 10.9. The number of rotatable bonds is 3. The van der Waals surface area contributed by atoms with E-state index in [-0.39, 0.29) is 5.56 Å². The van der Waals surface area contributed by atoms with Gasteiger partial charge >= 0.3 is 5.97 Å². The topological polar surface area (TPSA) is 80.9 Å². The van der Waals surface area contributed by atoms with Crippen molar-refractivity contribution in [2.75, 3.05) is 0 Å². The molecule has 0 spiro atoms. The number of carbonyl (C=O) groups is 1. The number of aromatic nitrogens is 4. The monoisotopic (exact) mass is 314 g/mol. The van der Waals surface area contributed by atoms with Crippen LogP contribution in [0.3, 0.4) is 0 Å². The van der Waals surface area contributed by atoms with E-state index >= 15 is 0 Å². The van der Waals surface area contributed by atoms with Crippen molar-refractivity contribution in [3.05, 3.63) is 28.2 Å². The summed E-state index contributed by atoms with van der Waals surface area (Å²) in [4.78, 5) is 11.7. The number of nitrogens with zero attached hydrogens (tertiary/aromatic N) is 4. The molecule has 0 radical (unpaired) electrons. The van der Waals surface area contributed by atoms with E-state index in [1.54, 1.807) is 19.2 Å². The molecule has 6 nitrogen and oxygen atoms in total. The van der Waals surface area contributed by atoms with Crippen molar-refractivity contribution < 1.29 is 9.90 Å². The number of hydrogen-bond acceptors (Lipinski definition) is 5. The normalized spacial score (nSPS) is 10.5. The Morgan fingerprint density at radius 2 is 2.24 bits per heavy atom. The lowest BCUT2D eigenvalue weighted by Crippen LogP contribution is -1.97. The molecule has 88 valence electrons. The van der Waals surface area contributed by atoms with E-state index in [0.29, 0.717) is 9.63 Å². The van der Waals surface area contributed by atoms with E-state index < -0.39 is 5.97 Å². The summed E-state index contributed by atoms with van der Waals surface area (Å²) in [6.45, 7) is 0. The number of hydrogen-bond donors (Lipinski definition) is 1. The van der Waals surface area contributed by atoms with Gasteiger partial charge in [-0.2, -0.15) is 0 Å². The minimum absolute atomic E-state index is 0.219. The third kappa shape index (κ3) is 2.83. The molecule has 0 saturated carbocycles. The van der Waals surface area contributed by atoms with Crippen molar-refractivity contribution in [3.8, 4) is 0 Å². The number of halogens is 1. The molecule has 0 saturated heterocycles. The van der Waals surface area contributed by atoms with Gasteiger partial charge in [0.2, 0.25) is 5.16 Å². The fourth-order valence-electron chi connectivity index (χ4n) is 1.16. The van der Waals surface area contributed by atoms with Crippen LogP contribution in [0.1, 0.15) is 10.4 Å². The van der Waals surface area contributed by atoms with Crippen LogP contribution in [0, 0.1) is 0 Å². The summed E-state index contributed by atoms with van der Waals surface area (Å²) in [5.74, 6) is -0.968. The van der Waals surface area contributed by atoms with Crippen molar-refractivity contribution in [2.24, 2.45) is 7.05 Å². The fourth-order valence-corrected chi connectivity index (χ4v) is 2.63. The van der Waals surface area contributed by atoms with Crippen molar-refractivity contribution in [3.63, 3.8) is 0 Å². The Bertz CT molecular complexity index is 572. The van der Waals surface area contributed by atoms with Crippen LogP contribution in [0.5, 0.6) is 0 Å². The zero-order valence-electron chi connectivity index (χ0n) is 8.66. The number of carboxylic acids is 1. The van der Waals surface area contributed by atoms with E-state index in [1.165, 1.54) is 16.4 Å². The first kappa shape index (κ1) is 12.1. The summed E-state index contributed by atoms with van der Waals surface area (Å²) < 4.78 is 2.22. The second-order valence-electron chi connectivity index (χ2n) is 3.17. The van der Waals surface area contributed by atoms with E-state index in [9.17, 15) is 4.79 Å². The molecule has 1 heterocycles. The Balaban J connectivity index is 2.33. The summed E-state index contributed by atoms with van der Waals surface area (Å²) >= 11 is 4.57. The first-order valence-corrected chi connectivity index (χ1v) is 6.11. The van der Waals surface area contributed by atoms with Gasteiger partial charge in [-0.3, -0.25) is 0 Å². The maximum atomic E-state index is 10.9. The van der Waals surface area contributed by atoms with Crippen LogP contribution in [-0.4, -0.2) is 31.3 Å². The van der Waals surface area contributed by atoms with Crippen molar-refractivity contribution in [2.45, 2.75) is 10.1 Å². The Hall–Kier alpha value is -1.41. The number of tetrazole rings is 1. The largest absolute Gasteiger partial charge is 0.478 e. The molecule has 0 aliphatic heterocycles. The minimum Gasteiger partial charge on any atom is -0.478 e.